The fourth-order valence-corrected chi connectivity index (χ4v) is 3.28. The lowest BCUT2D eigenvalue weighted by atomic mass is 9.74. The van der Waals surface area contributed by atoms with Crippen molar-refractivity contribution in [3.8, 4) is 0 Å². The molecule has 0 spiro atoms. The Morgan fingerprint density at radius 3 is 2.67 bits per heavy atom. The monoisotopic (exact) mass is 208 g/mol. The fraction of sp³-hybridized carbons (Fsp3) is 0.857. The summed E-state index contributed by atoms with van der Waals surface area (Å²) in [5.74, 6) is 3.14. The van der Waals surface area contributed by atoms with Crippen LogP contribution in [0.15, 0.2) is 11.8 Å². The minimum Gasteiger partial charge on any atom is -0.513 e. The number of allylic oxidation sites excluding steroid dienone is 2. The molecule has 1 N–H and O–H groups in total. The lowest BCUT2D eigenvalue weighted by Crippen LogP contribution is -2.20. The minimum atomic E-state index is 0.627. The van der Waals surface area contributed by atoms with Crippen molar-refractivity contribution < 1.29 is 5.11 Å². The summed E-state index contributed by atoms with van der Waals surface area (Å²) in [6.45, 7) is 2.30. The Bertz CT molecular complexity index is 225. The molecule has 86 valence electrons. The Morgan fingerprint density at radius 1 is 1.27 bits per heavy atom. The third kappa shape index (κ3) is 2.99. The van der Waals surface area contributed by atoms with Crippen LogP contribution in [0.25, 0.3) is 0 Å². The second kappa shape index (κ2) is 5.05. The first-order chi connectivity index (χ1) is 7.25. The first-order valence-corrected chi connectivity index (χ1v) is 6.63. The summed E-state index contributed by atoms with van der Waals surface area (Å²) >= 11 is 0. The summed E-state index contributed by atoms with van der Waals surface area (Å²) in [5.41, 5.74) is 0. The van der Waals surface area contributed by atoms with Crippen LogP contribution in [-0.4, -0.2) is 5.11 Å². The molecular formula is C14H24O. The van der Waals surface area contributed by atoms with Crippen molar-refractivity contribution >= 4 is 0 Å². The third-order valence-electron chi connectivity index (χ3n) is 4.35. The SMILES string of the molecule is C[C@@H]1CC(O)=CC[C@@H]1CC1CCCCC1. The van der Waals surface area contributed by atoms with E-state index in [1.165, 1.54) is 38.5 Å². The molecule has 0 aromatic carbocycles. The van der Waals surface area contributed by atoms with Gasteiger partial charge in [0.1, 0.15) is 0 Å². The highest BCUT2D eigenvalue weighted by Gasteiger charge is 2.25. The van der Waals surface area contributed by atoms with Gasteiger partial charge in [-0.1, -0.05) is 39.0 Å². The van der Waals surface area contributed by atoms with Gasteiger partial charge in [0.05, 0.1) is 5.76 Å². The quantitative estimate of drug-likeness (QED) is 0.711. The van der Waals surface area contributed by atoms with Crippen LogP contribution in [0.2, 0.25) is 0 Å². The number of aliphatic hydroxyl groups excluding tert-OH is 1. The van der Waals surface area contributed by atoms with Crippen molar-refractivity contribution in [3.05, 3.63) is 11.8 Å². The zero-order chi connectivity index (χ0) is 10.7. The third-order valence-corrected chi connectivity index (χ3v) is 4.35. The maximum absolute atomic E-state index is 9.46. The zero-order valence-corrected chi connectivity index (χ0v) is 9.91. The molecule has 0 heterocycles. The van der Waals surface area contributed by atoms with Crippen molar-refractivity contribution in [2.45, 2.75) is 58.3 Å². The molecule has 0 saturated heterocycles. The average molecular weight is 208 g/mol. The van der Waals surface area contributed by atoms with Gasteiger partial charge in [0.15, 0.2) is 0 Å². The molecule has 1 nitrogen and oxygen atoms in total. The van der Waals surface area contributed by atoms with Crippen LogP contribution in [0.4, 0.5) is 0 Å². The number of rotatable bonds is 2. The van der Waals surface area contributed by atoms with Crippen LogP contribution in [0.1, 0.15) is 58.3 Å². The van der Waals surface area contributed by atoms with Crippen LogP contribution in [0.3, 0.4) is 0 Å². The molecule has 1 fully saturated rings. The van der Waals surface area contributed by atoms with Crippen molar-refractivity contribution in [2.24, 2.45) is 17.8 Å². The Balaban J connectivity index is 1.83. The molecule has 1 heteroatoms. The molecule has 0 aromatic heterocycles. The van der Waals surface area contributed by atoms with E-state index in [1.54, 1.807) is 0 Å². The number of aliphatic hydroxyl groups is 1. The van der Waals surface area contributed by atoms with E-state index in [9.17, 15) is 5.11 Å². The van der Waals surface area contributed by atoms with Gasteiger partial charge >= 0.3 is 0 Å². The Kier molecular flexibility index (Phi) is 3.71. The van der Waals surface area contributed by atoms with Crippen LogP contribution >= 0.6 is 0 Å². The molecule has 1 saturated carbocycles. The normalized spacial score (nSPS) is 33.8. The van der Waals surface area contributed by atoms with Crippen LogP contribution in [0.5, 0.6) is 0 Å². The van der Waals surface area contributed by atoms with E-state index >= 15 is 0 Å². The molecule has 2 aliphatic rings. The van der Waals surface area contributed by atoms with Crippen molar-refractivity contribution in [2.75, 3.05) is 0 Å². The molecule has 0 unspecified atom stereocenters. The molecule has 0 aliphatic heterocycles. The molecule has 0 aromatic rings. The van der Waals surface area contributed by atoms with Gasteiger partial charge in [0.2, 0.25) is 0 Å². The van der Waals surface area contributed by atoms with E-state index in [2.05, 4.69) is 6.92 Å². The second-order valence-electron chi connectivity index (χ2n) is 5.61. The maximum Gasteiger partial charge on any atom is 0.0885 e. The first-order valence-electron chi connectivity index (χ1n) is 6.63. The molecule has 0 radical (unpaired) electrons. The van der Waals surface area contributed by atoms with E-state index in [0.717, 1.165) is 24.7 Å². The Hall–Kier alpha value is -0.460. The lowest BCUT2D eigenvalue weighted by molar-refractivity contribution is 0.208. The van der Waals surface area contributed by atoms with Crippen LogP contribution in [-0.2, 0) is 0 Å². The maximum atomic E-state index is 9.46. The highest BCUT2D eigenvalue weighted by atomic mass is 16.3. The highest BCUT2D eigenvalue weighted by Crippen LogP contribution is 2.37. The molecule has 2 aliphatic carbocycles. The van der Waals surface area contributed by atoms with Crippen molar-refractivity contribution in [3.63, 3.8) is 0 Å². The summed E-state index contributed by atoms with van der Waals surface area (Å²) in [4.78, 5) is 0. The average Bonchev–Trinajstić information content (AvgIpc) is 2.24. The second-order valence-corrected chi connectivity index (χ2v) is 5.61. The Labute approximate surface area is 93.6 Å². The summed E-state index contributed by atoms with van der Waals surface area (Å²) in [7, 11) is 0. The summed E-state index contributed by atoms with van der Waals surface area (Å²) < 4.78 is 0. The fourth-order valence-electron chi connectivity index (χ4n) is 3.28. The molecule has 2 rings (SSSR count). The van der Waals surface area contributed by atoms with E-state index in [1.807, 2.05) is 6.08 Å². The van der Waals surface area contributed by atoms with Crippen LogP contribution < -0.4 is 0 Å². The first kappa shape index (κ1) is 11.0. The topological polar surface area (TPSA) is 20.2 Å². The molecule has 0 amide bonds. The van der Waals surface area contributed by atoms with E-state index in [-0.39, 0.29) is 0 Å². The Morgan fingerprint density at radius 2 is 2.00 bits per heavy atom. The number of hydrogen-bond acceptors (Lipinski definition) is 1. The highest BCUT2D eigenvalue weighted by molar-refractivity contribution is 5.00. The standard InChI is InChI=1S/C14H24O/c1-11-9-14(15)8-7-13(11)10-12-5-3-2-4-6-12/h8,11-13,15H,2-7,9-10H2,1H3/t11-,13-/m1/s1. The lowest BCUT2D eigenvalue weighted by Gasteiger charge is -2.31. The predicted molar refractivity (Wildman–Crippen MR) is 63.8 cm³/mol. The van der Waals surface area contributed by atoms with Crippen LogP contribution in [0, 0.1) is 17.8 Å². The molecule has 15 heavy (non-hydrogen) atoms. The van der Waals surface area contributed by atoms with Gasteiger partial charge in [-0.3, -0.25) is 0 Å². The van der Waals surface area contributed by atoms with E-state index < -0.39 is 0 Å². The number of hydrogen-bond donors (Lipinski definition) is 1. The predicted octanol–water partition coefficient (Wildman–Crippen LogP) is 4.44. The van der Waals surface area contributed by atoms with Crippen molar-refractivity contribution in [1.82, 2.24) is 0 Å². The summed E-state index contributed by atoms with van der Waals surface area (Å²) in [5, 5.41) is 9.46. The zero-order valence-electron chi connectivity index (χ0n) is 9.91. The molecule has 2 atom stereocenters. The van der Waals surface area contributed by atoms with Crippen molar-refractivity contribution in [1.29, 1.82) is 0 Å². The summed E-state index contributed by atoms with van der Waals surface area (Å²) in [6, 6.07) is 0. The van der Waals surface area contributed by atoms with Gasteiger partial charge in [0, 0.05) is 6.42 Å². The van der Waals surface area contributed by atoms with Gasteiger partial charge in [-0.05, 0) is 36.7 Å². The van der Waals surface area contributed by atoms with E-state index in [4.69, 9.17) is 0 Å². The molecule has 0 bridgehead atoms. The molecular weight excluding hydrogens is 184 g/mol. The minimum absolute atomic E-state index is 0.627. The summed E-state index contributed by atoms with van der Waals surface area (Å²) in [6.07, 6.45) is 12.8. The largest absolute Gasteiger partial charge is 0.513 e. The van der Waals surface area contributed by atoms with Gasteiger partial charge < -0.3 is 5.11 Å². The van der Waals surface area contributed by atoms with Gasteiger partial charge in [-0.2, -0.15) is 0 Å². The van der Waals surface area contributed by atoms with Gasteiger partial charge in [0.25, 0.3) is 0 Å². The van der Waals surface area contributed by atoms with E-state index in [0.29, 0.717) is 11.7 Å². The smallest absolute Gasteiger partial charge is 0.0885 e. The van der Waals surface area contributed by atoms with Gasteiger partial charge in [-0.25, -0.2) is 0 Å². The van der Waals surface area contributed by atoms with Gasteiger partial charge in [-0.15, -0.1) is 0 Å².